The Balaban J connectivity index is 1.62. The largest absolute Gasteiger partial charge is 0.356 e. The highest BCUT2D eigenvalue weighted by molar-refractivity contribution is 7.89. The molecule has 0 fully saturated rings. The molecule has 0 bridgehead atoms. The molecule has 0 unspecified atom stereocenters. The van der Waals surface area contributed by atoms with Crippen LogP contribution in [0.4, 0.5) is 11.4 Å². The predicted octanol–water partition coefficient (Wildman–Crippen LogP) is 3.30. The third-order valence-electron chi connectivity index (χ3n) is 3.40. The van der Waals surface area contributed by atoms with E-state index in [0.29, 0.717) is 0 Å². The Hall–Kier alpha value is -2.70. The van der Waals surface area contributed by atoms with E-state index in [1.807, 2.05) is 54.6 Å². The van der Waals surface area contributed by atoms with Crippen LogP contribution < -0.4 is 10.0 Å². The number of sulfonamides is 1. The monoisotopic (exact) mass is 339 g/mol. The summed E-state index contributed by atoms with van der Waals surface area (Å²) in [7, 11) is -3.59. The van der Waals surface area contributed by atoms with Gasteiger partial charge in [0.25, 0.3) is 10.0 Å². The number of aromatic nitrogens is 1. The fourth-order valence-electron chi connectivity index (χ4n) is 2.15. The van der Waals surface area contributed by atoms with E-state index in [9.17, 15) is 8.42 Å². The second-order valence-electron chi connectivity index (χ2n) is 5.18. The summed E-state index contributed by atoms with van der Waals surface area (Å²) in [6, 6.07) is 22.2. The minimum absolute atomic E-state index is 0.0207. The molecule has 3 aromatic rings. The lowest BCUT2D eigenvalue weighted by atomic mass is 10.2. The van der Waals surface area contributed by atoms with Gasteiger partial charge in [-0.05, 0) is 42.0 Å². The average molecular weight is 339 g/mol. The molecule has 6 heteroatoms. The number of anilines is 2. The van der Waals surface area contributed by atoms with Crippen LogP contribution in [0.3, 0.4) is 0 Å². The molecule has 0 aliphatic rings. The van der Waals surface area contributed by atoms with Crippen molar-refractivity contribution in [2.24, 2.45) is 0 Å². The normalized spacial score (nSPS) is 11.2. The Morgan fingerprint density at radius 1 is 0.792 bits per heavy atom. The topological polar surface area (TPSA) is 71.1 Å². The maximum atomic E-state index is 12.1. The van der Waals surface area contributed by atoms with E-state index in [0.717, 1.165) is 16.9 Å². The molecule has 1 aromatic heterocycles. The second-order valence-corrected chi connectivity index (χ2v) is 6.89. The van der Waals surface area contributed by atoms with Crippen molar-refractivity contribution in [3.8, 4) is 0 Å². The molecule has 3 rings (SSSR count). The zero-order chi connectivity index (χ0) is 16.8. The van der Waals surface area contributed by atoms with Gasteiger partial charge in [-0.3, -0.25) is 0 Å². The Kier molecular flexibility index (Phi) is 4.88. The first-order chi connectivity index (χ1) is 11.6. The van der Waals surface area contributed by atoms with Gasteiger partial charge in [-0.2, -0.15) is 0 Å². The third kappa shape index (κ3) is 4.18. The maximum Gasteiger partial charge on any atom is 0.258 e. The van der Waals surface area contributed by atoms with Crippen molar-refractivity contribution in [2.75, 3.05) is 5.32 Å². The van der Waals surface area contributed by atoms with Crippen molar-refractivity contribution in [1.82, 2.24) is 9.71 Å². The lowest BCUT2D eigenvalue weighted by Crippen LogP contribution is -2.24. The van der Waals surface area contributed by atoms with Crippen molar-refractivity contribution in [3.63, 3.8) is 0 Å². The van der Waals surface area contributed by atoms with E-state index in [4.69, 9.17) is 0 Å². The molecule has 5 nitrogen and oxygen atoms in total. The summed E-state index contributed by atoms with van der Waals surface area (Å²) < 4.78 is 26.8. The minimum Gasteiger partial charge on any atom is -0.356 e. The quantitative estimate of drug-likeness (QED) is 0.723. The number of nitrogens with one attached hydrogen (secondary N) is 2. The fourth-order valence-corrected chi connectivity index (χ4v) is 3.11. The number of rotatable bonds is 6. The van der Waals surface area contributed by atoms with Crippen LogP contribution >= 0.6 is 0 Å². The van der Waals surface area contributed by atoms with Crippen molar-refractivity contribution < 1.29 is 8.42 Å². The number of pyridine rings is 1. The first-order valence-electron chi connectivity index (χ1n) is 7.45. The molecule has 1 heterocycles. The molecule has 2 N–H and O–H groups in total. The first kappa shape index (κ1) is 16.2. The van der Waals surface area contributed by atoms with Gasteiger partial charge in [0.15, 0.2) is 5.03 Å². The Morgan fingerprint density at radius 2 is 1.46 bits per heavy atom. The summed E-state index contributed by atoms with van der Waals surface area (Å²) in [4.78, 5) is 3.86. The van der Waals surface area contributed by atoms with Crippen LogP contribution in [-0.2, 0) is 16.6 Å². The first-order valence-corrected chi connectivity index (χ1v) is 8.93. The van der Waals surface area contributed by atoms with E-state index < -0.39 is 10.0 Å². The lowest BCUT2D eigenvalue weighted by molar-refractivity contribution is 0.577. The van der Waals surface area contributed by atoms with E-state index in [1.165, 1.54) is 12.3 Å². The molecule has 0 saturated heterocycles. The number of nitrogens with zero attached hydrogens (tertiary/aromatic N) is 1. The molecule has 24 heavy (non-hydrogen) atoms. The van der Waals surface area contributed by atoms with Crippen LogP contribution in [-0.4, -0.2) is 13.4 Å². The van der Waals surface area contributed by atoms with Crippen LogP contribution in [0.1, 0.15) is 5.56 Å². The molecular formula is C18H17N3O2S. The highest BCUT2D eigenvalue weighted by Crippen LogP contribution is 2.16. The molecule has 0 saturated carbocycles. The smallest absolute Gasteiger partial charge is 0.258 e. The van der Waals surface area contributed by atoms with E-state index in [1.54, 1.807) is 12.1 Å². The van der Waals surface area contributed by atoms with Gasteiger partial charge in [0, 0.05) is 24.1 Å². The van der Waals surface area contributed by atoms with Crippen LogP contribution in [0.25, 0.3) is 0 Å². The molecule has 2 aromatic carbocycles. The summed E-state index contributed by atoms with van der Waals surface area (Å²) >= 11 is 0. The van der Waals surface area contributed by atoms with Crippen molar-refractivity contribution in [2.45, 2.75) is 11.6 Å². The third-order valence-corrected chi connectivity index (χ3v) is 4.71. The summed E-state index contributed by atoms with van der Waals surface area (Å²) in [6.45, 7) is 0.213. The van der Waals surface area contributed by atoms with Gasteiger partial charge < -0.3 is 5.32 Å². The zero-order valence-corrected chi connectivity index (χ0v) is 13.7. The number of hydrogen-bond donors (Lipinski definition) is 2. The highest BCUT2D eigenvalue weighted by Gasteiger charge is 2.14. The van der Waals surface area contributed by atoms with E-state index >= 15 is 0 Å². The van der Waals surface area contributed by atoms with Crippen LogP contribution in [0.5, 0.6) is 0 Å². The molecule has 0 atom stereocenters. The van der Waals surface area contributed by atoms with Gasteiger partial charge in [-0.25, -0.2) is 18.1 Å². The van der Waals surface area contributed by atoms with E-state index in [-0.39, 0.29) is 11.6 Å². The second kappa shape index (κ2) is 7.25. The summed E-state index contributed by atoms with van der Waals surface area (Å²) in [5, 5.41) is 3.30. The molecular weight excluding hydrogens is 322 g/mol. The number of benzene rings is 2. The van der Waals surface area contributed by atoms with Crippen molar-refractivity contribution >= 4 is 21.4 Å². The van der Waals surface area contributed by atoms with Gasteiger partial charge in [-0.15, -0.1) is 0 Å². The Morgan fingerprint density at radius 3 is 2.12 bits per heavy atom. The zero-order valence-electron chi connectivity index (χ0n) is 12.9. The molecule has 0 aliphatic heterocycles. The Bertz CT molecular complexity index is 881. The summed E-state index contributed by atoms with van der Waals surface area (Å²) in [5.74, 6) is 0. The minimum atomic E-state index is -3.59. The van der Waals surface area contributed by atoms with Crippen molar-refractivity contribution in [1.29, 1.82) is 0 Å². The molecule has 0 spiro atoms. The standard InChI is InChI=1S/C18H17N3O2S/c22-24(23,18-8-4-5-13-19-18)20-14-15-9-11-17(12-10-15)21-16-6-2-1-3-7-16/h1-13,20-21H,14H2. The molecule has 0 radical (unpaired) electrons. The number of hydrogen-bond acceptors (Lipinski definition) is 4. The highest BCUT2D eigenvalue weighted by atomic mass is 32.2. The van der Waals surface area contributed by atoms with Gasteiger partial charge in [0.1, 0.15) is 0 Å². The van der Waals surface area contributed by atoms with Gasteiger partial charge in [-0.1, -0.05) is 36.4 Å². The van der Waals surface area contributed by atoms with Gasteiger partial charge >= 0.3 is 0 Å². The van der Waals surface area contributed by atoms with Crippen LogP contribution in [0.15, 0.2) is 84.0 Å². The van der Waals surface area contributed by atoms with Gasteiger partial charge in [0.2, 0.25) is 0 Å². The fraction of sp³-hybridized carbons (Fsp3) is 0.0556. The average Bonchev–Trinajstić information content (AvgIpc) is 2.63. The van der Waals surface area contributed by atoms with Gasteiger partial charge in [0.05, 0.1) is 0 Å². The molecule has 0 amide bonds. The molecule has 122 valence electrons. The molecule has 0 aliphatic carbocycles. The predicted molar refractivity (Wildman–Crippen MR) is 94.4 cm³/mol. The van der Waals surface area contributed by atoms with Crippen LogP contribution in [0.2, 0.25) is 0 Å². The SMILES string of the molecule is O=S(=O)(NCc1ccc(Nc2ccccc2)cc1)c1ccccn1. The maximum absolute atomic E-state index is 12.1. The van der Waals surface area contributed by atoms with E-state index in [2.05, 4.69) is 15.0 Å². The lowest BCUT2D eigenvalue weighted by Gasteiger charge is -2.08. The number of para-hydroxylation sites is 1. The van der Waals surface area contributed by atoms with Crippen molar-refractivity contribution in [3.05, 3.63) is 84.6 Å². The summed E-state index contributed by atoms with van der Waals surface area (Å²) in [5.41, 5.74) is 2.81. The Labute approximate surface area is 141 Å². The van der Waals surface area contributed by atoms with Crippen LogP contribution in [0, 0.1) is 0 Å². The summed E-state index contributed by atoms with van der Waals surface area (Å²) in [6.07, 6.45) is 1.46.